The third-order valence-electron chi connectivity index (χ3n) is 7.05. The van der Waals surface area contributed by atoms with Gasteiger partial charge in [0.25, 0.3) is 0 Å². The zero-order valence-electron chi connectivity index (χ0n) is 26.4. The summed E-state index contributed by atoms with van der Waals surface area (Å²) in [4.78, 5) is 0. The number of hydrogen-bond donors (Lipinski definition) is 0. The molecule has 41 heavy (non-hydrogen) atoms. The van der Waals surface area contributed by atoms with E-state index in [9.17, 15) is 0 Å². The van der Waals surface area contributed by atoms with E-state index >= 15 is 0 Å². The van der Waals surface area contributed by atoms with E-state index in [0.29, 0.717) is 11.8 Å². The van der Waals surface area contributed by atoms with Crippen LogP contribution in [0.25, 0.3) is 0 Å². The van der Waals surface area contributed by atoms with Crippen molar-refractivity contribution in [2.75, 3.05) is 0 Å². The van der Waals surface area contributed by atoms with Crippen molar-refractivity contribution >= 4 is 0 Å². The quantitative estimate of drug-likeness (QED) is 0.138. The number of aryl methyl sites for hydroxylation is 2. The minimum Gasteiger partial charge on any atom is -0.457 e. The molecule has 0 heterocycles. The van der Waals surface area contributed by atoms with Crippen LogP contribution in [0.4, 0.5) is 0 Å². The summed E-state index contributed by atoms with van der Waals surface area (Å²) in [5, 5.41) is 0. The van der Waals surface area contributed by atoms with Crippen molar-refractivity contribution in [2.24, 2.45) is 11.8 Å². The monoisotopic (exact) mass is 516 g/mol. The van der Waals surface area contributed by atoms with Crippen LogP contribution in [0.5, 0.6) is 11.5 Å². The average molecular weight is 516 g/mol. The topological polar surface area (TPSA) is 9.23 Å². The van der Waals surface area contributed by atoms with E-state index in [1.807, 2.05) is 0 Å². The second-order valence-electron chi connectivity index (χ2n) is 10.4. The zero-order valence-corrected chi connectivity index (χ0v) is 26.4. The average Bonchev–Trinajstić information content (AvgIpc) is 2.95. The third-order valence-corrected chi connectivity index (χ3v) is 7.05. The molecular formula is C36H40Li4O+2. The summed E-state index contributed by atoms with van der Waals surface area (Å²) in [5.74, 6) is 3.12. The van der Waals surface area contributed by atoms with Gasteiger partial charge in [-0.2, -0.15) is 48.2 Å². The summed E-state index contributed by atoms with van der Waals surface area (Å²) in [6, 6.07) is 38.4. The molecule has 4 rings (SSSR count). The van der Waals surface area contributed by atoms with Crippen molar-refractivity contribution < 1.29 is 80.2 Å². The second kappa shape index (κ2) is 22.4. The molecular weight excluding hydrogens is 476 g/mol. The van der Waals surface area contributed by atoms with Gasteiger partial charge < -0.3 is 4.74 Å². The maximum atomic E-state index is 6.10. The van der Waals surface area contributed by atoms with Crippen molar-refractivity contribution in [2.45, 2.75) is 52.4 Å². The summed E-state index contributed by atoms with van der Waals surface area (Å²) >= 11 is 0. The molecule has 0 aliphatic heterocycles. The summed E-state index contributed by atoms with van der Waals surface area (Å²) in [6.07, 6.45) is 11.5. The van der Waals surface area contributed by atoms with Gasteiger partial charge in [-0.3, -0.25) is 0 Å². The van der Waals surface area contributed by atoms with Crippen molar-refractivity contribution in [1.29, 1.82) is 0 Å². The predicted molar refractivity (Wildman–Crippen MR) is 157 cm³/mol. The Hall–Kier alpha value is -1.19. The standard InChI is InChI=1S/C36H40O.4Li/c1-29(13-17-31-9-5-3-6-10-31)15-19-33-21-25-35(26-22-33)37-36-27-23-34(24-28-36)20-16-30(2)14-18-32-11-7-4-8-12-32;;;;/h3-12,17-18,21-30H,13-16,19-20H2,1-2H3;;;;/q-2;4*+1. The second-order valence-corrected chi connectivity index (χ2v) is 10.4. The molecule has 0 saturated carbocycles. The van der Waals surface area contributed by atoms with Crippen LogP contribution in [0.3, 0.4) is 0 Å². The Balaban J connectivity index is 0.00000400. The molecule has 0 aromatic heterocycles. The van der Waals surface area contributed by atoms with Crippen molar-refractivity contribution in [3.8, 4) is 11.5 Å². The van der Waals surface area contributed by atoms with E-state index in [0.717, 1.165) is 37.2 Å². The number of hydrogen-bond acceptors (Lipinski definition) is 1. The van der Waals surface area contributed by atoms with Gasteiger partial charge in [-0.1, -0.05) is 74.9 Å². The summed E-state index contributed by atoms with van der Waals surface area (Å²) in [6.45, 7) is 4.68. The van der Waals surface area contributed by atoms with Gasteiger partial charge >= 0.3 is 75.4 Å². The third kappa shape index (κ3) is 15.2. The Bertz CT molecular complexity index is 1070. The fourth-order valence-corrected chi connectivity index (χ4v) is 4.50. The van der Waals surface area contributed by atoms with Gasteiger partial charge in [0, 0.05) is 0 Å². The van der Waals surface area contributed by atoms with E-state index in [1.54, 1.807) is 0 Å². The first-order valence-electron chi connectivity index (χ1n) is 13.8. The molecule has 0 fully saturated rings. The summed E-state index contributed by atoms with van der Waals surface area (Å²) < 4.78 is 6.10. The molecule has 0 N–H and O–H groups in total. The van der Waals surface area contributed by atoms with Gasteiger partial charge in [-0.25, -0.2) is 0 Å². The van der Waals surface area contributed by atoms with Crippen LogP contribution in [0, 0.1) is 24.7 Å². The maximum Gasteiger partial charge on any atom is 1.00 e. The normalized spacial score (nSPS) is 11.3. The Morgan fingerprint density at radius 1 is 0.488 bits per heavy atom. The van der Waals surface area contributed by atoms with Gasteiger partial charge in [0.2, 0.25) is 0 Å². The van der Waals surface area contributed by atoms with Crippen molar-refractivity contribution in [3.63, 3.8) is 0 Å². The Morgan fingerprint density at radius 3 is 1.17 bits per heavy atom. The molecule has 192 valence electrons. The first-order chi connectivity index (χ1) is 18.1. The Kier molecular flexibility index (Phi) is 21.7. The number of ether oxygens (including phenoxy) is 1. The fraction of sp³-hybridized carbons (Fsp3) is 0.278. The largest absolute Gasteiger partial charge is 1.00 e. The molecule has 1 nitrogen and oxygen atoms in total. The van der Waals surface area contributed by atoms with Crippen LogP contribution >= 0.6 is 0 Å². The SMILES string of the molecule is CC(C[CH-]c1ccccc1)CCc1ccc(Oc2ccc(CCC(C)C[CH-]c3ccccc3)cc2)cc1.[Li+].[Li+].[Li+].[Li+]. The molecule has 2 atom stereocenters. The van der Waals surface area contributed by atoms with Gasteiger partial charge in [0.15, 0.2) is 0 Å². The minimum absolute atomic E-state index is 0. The molecule has 4 aromatic carbocycles. The van der Waals surface area contributed by atoms with Crippen molar-refractivity contribution in [1.82, 2.24) is 0 Å². The Morgan fingerprint density at radius 2 is 0.829 bits per heavy atom. The smallest absolute Gasteiger partial charge is 0.457 e. The van der Waals surface area contributed by atoms with E-state index in [4.69, 9.17) is 4.74 Å². The van der Waals surface area contributed by atoms with Crippen LogP contribution in [0.2, 0.25) is 0 Å². The van der Waals surface area contributed by atoms with Crippen LogP contribution in [0.1, 0.15) is 61.8 Å². The molecule has 0 amide bonds. The Labute approximate surface area is 297 Å². The van der Waals surface area contributed by atoms with Crippen LogP contribution in [0.15, 0.2) is 109 Å². The summed E-state index contributed by atoms with van der Waals surface area (Å²) in [7, 11) is 0. The van der Waals surface area contributed by atoms with E-state index in [2.05, 4.69) is 136 Å². The molecule has 0 aliphatic carbocycles. The molecule has 4 aromatic rings. The van der Waals surface area contributed by atoms with Gasteiger partial charge in [-0.05, 0) is 61.1 Å². The predicted octanol–water partition coefficient (Wildman–Crippen LogP) is -2.08. The molecule has 0 radical (unpaired) electrons. The zero-order chi connectivity index (χ0) is 25.7. The van der Waals surface area contributed by atoms with Crippen LogP contribution in [-0.2, 0) is 12.8 Å². The van der Waals surface area contributed by atoms with Crippen LogP contribution < -0.4 is 80.2 Å². The van der Waals surface area contributed by atoms with Crippen molar-refractivity contribution in [3.05, 3.63) is 144 Å². The first kappa shape index (κ1) is 39.8. The van der Waals surface area contributed by atoms with Crippen LogP contribution in [-0.4, -0.2) is 0 Å². The number of benzene rings is 4. The van der Waals surface area contributed by atoms with Gasteiger partial charge in [-0.15, -0.1) is 24.3 Å². The fourth-order valence-electron chi connectivity index (χ4n) is 4.50. The molecule has 2 unspecified atom stereocenters. The molecule has 0 bridgehead atoms. The molecule has 0 aliphatic rings. The molecule has 0 spiro atoms. The van der Waals surface area contributed by atoms with E-state index in [-0.39, 0.29) is 75.4 Å². The molecule has 0 saturated heterocycles. The van der Waals surface area contributed by atoms with E-state index in [1.165, 1.54) is 35.1 Å². The van der Waals surface area contributed by atoms with Gasteiger partial charge in [0.1, 0.15) is 11.5 Å². The molecule has 5 heteroatoms. The summed E-state index contributed by atoms with van der Waals surface area (Å²) in [5.41, 5.74) is 5.37. The van der Waals surface area contributed by atoms with Gasteiger partial charge in [0.05, 0.1) is 0 Å². The first-order valence-corrected chi connectivity index (χ1v) is 13.8. The minimum atomic E-state index is 0. The number of rotatable bonds is 14. The van der Waals surface area contributed by atoms with E-state index < -0.39 is 0 Å². The maximum absolute atomic E-state index is 6.10.